The first-order valence-corrected chi connectivity index (χ1v) is 6.93. The third-order valence-corrected chi connectivity index (χ3v) is 3.50. The van der Waals surface area contributed by atoms with E-state index in [2.05, 4.69) is 15.7 Å². The molecule has 1 amide bonds. The summed E-state index contributed by atoms with van der Waals surface area (Å²) >= 11 is 0. The largest absolute Gasteiger partial charge is 0.351 e. The lowest BCUT2D eigenvalue weighted by Gasteiger charge is -2.09. The van der Waals surface area contributed by atoms with Gasteiger partial charge in [-0.2, -0.15) is 5.10 Å². The van der Waals surface area contributed by atoms with Crippen molar-refractivity contribution in [2.24, 2.45) is 0 Å². The van der Waals surface area contributed by atoms with E-state index in [1.54, 1.807) is 6.20 Å². The zero-order chi connectivity index (χ0) is 13.8. The minimum Gasteiger partial charge on any atom is -0.351 e. The molecule has 1 aliphatic rings. The Morgan fingerprint density at radius 3 is 3.00 bits per heavy atom. The van der Waals surface area contributed by atoms with Gasteiger partial charge in [-0.3, -0.25) is 4.79 Å². The Balaban J connectivity index is 1.59. The molecule has 5 nitrogen and oxygen atoms in total. The molecule has 0 aliphatic carbocycles. The predicted molar refractivity (Wildman–Crippen MR) is 76.4 cm³/mol. The number of hydrogen-bond donors (Lipinski definition) is 2. The summed E-state index contributed by atoms with van der Waals surface area (Å²) in [4.78, 5) is 11.9. The molecular weight excluding hydrogens is 252 g/mol. The van der Waals surface area contributed by atoms with E-state index in [0.717, 1.165) is 30.6 Å². The van der Waals surface area contributed by atoms with Crippen LogP contribution in [-0.2, 0) is 11.3 Å². The van der Waals surface area contributed by atoms with Crippen LogP contribution in [0.5, 0.6) is 0 Å². The summed E-state index contributed by atoms with van der Waals surface area (Å²) in [5.41, 5.74) is 2.02. The van der Waals surface area contributed by atoms with Gasteiger partial charge in [0.05, 0.1) is 17.9 Å². The van der Waals surface area contributed by atoms with Crippen molar-refractivity contribution in [3.63, 3.8) is 0 Å². The second-order valence-corrected chi connectivity index (χ2v) is 5.00. The molecule has 1 aliphatic heterocycles. The zero-order valence-corrected chi connectivity index (χ0v) is 11.2. The lowest BCUT2D eigenvalue weighted by Crippen LogP contribution is -2.39. The Bertz CT molecular complexity index is 573. The van der Waals surface area contributed by atoms with Gasteiger partial charge >= 0.3 is 0 Å². The average molecular weight is 270 g/mol. The summed E-state index contributed by atoms with van der Waals surface area (Å²) < 4.78 is 1.81. The van der Waals surface area contributed by atoms with Crippen LogP contribution in [0.2, 0.25) is 0 Å². The van der Waals surface area contributed by atoms with Gasteiger partial charge in [0.1, 0.15) is 0 Å². The number of benzene rings is 1. The maximum Gasteiger partial charge on any atom is 0.237 e. The maximum atomic E-state index is 11.9. The lowest BCUT2D eigenvalue weighted by molar-refractivity contribution is -0.122. The third-order valence-electron chi connectivity index (χ3n) is 3.50. The highest BCUT2D eigenvalue weighted by molar-refractivity contribution is 5.81. The number of rotatable bonds is 4. The molecule has 20 heavy (non-hydrogen) atoms. The SMILES string of the molecule is O=C(NCc1cnn(-c2ccccc2)c1)C1CCCN1. The van der Waals surface area contributed by atoms with Crippen molar-refractivity contribution in [1.29, 1.82) is 0 Å². The fraction of sp³-hybridized carbons (Fsp3) is 0.333. The lowest BCUT2D eigenvalue weighted by atomic mass is 10.2. The van der Waals surface area contributed by atoms with Crippen LogP contribution < -0.4 is 10.6 Å². The minimum atomic E-state index is -0.0285. The van der Waals surface area contributed by atoms with Crippen LogP contribution in [0, 0.1) is 0 Å². The number of nitrogens with one attached hydrogen (secondary N) is 2. The van der Waals surface area contributed by atoms with Crippen molar-refractivity contribution < 1.29 is 4.79 Å². The fourth-order valence-corrected chi connectivity index (χ4v) is 2.39. The first kappa shape index (κ1) is 12.9. The van der Waals surface area contributed by atoms with Crippen molar-refractivity contribution in [3.8, 4) is 5.69 Å². The highest BCUT2D eigenvalue weighted by Gasteiger charge is 2.21. The molecule has 0 bridgehead atoms. The topological polar surface area (TPSA) is 59.0 Å². The van der Waals surface area contributed by atoms with Gasteiger partial charge in [0, 0.05) is 18.3 Å². The number of hydrogen-bond acceptors (Lipinski definition) is 3. The maximum absolute atomic E-state index is 11.9. The number of aromatic nitrogens is 2. The Labute approximate surface area is 118 Å². The van der Waals surface area contributed by atoms with Gasteiger partial charge in [-0.15, -0.1) is 0 Å². The van der Waals surface area contributed by atoms with E-state index in [1.165, 1.54) is 0 Å². The van der Waals surface area contributed by atoms with E-state index in [-0.39, 0.29) is 11.9 Å². The summed E-state index contributed by atoms with van der Waals surface area (Å²) in [6.07, 6.45) is 5.73. The monoisotopic (exact) mass is 270 g/mol. The van der Waals surface area contributed by atoms with Gasteiger partial charge in [-0.25, -0.2) is 4.68 Å². The highest BCUT2D eigenvalue weighted by Crippen LogP contribution is 2.08. The highest BCUT2D eigenvalue weighted by atomic mass is 16.2. The van der Waals surface area contributed by atoms with Gasteiger partial charge in [0.2, 0.25) is 5.91 Å². The molecule has 1 aromatic heterocycles. The normalized spacial score (nSPS) is 18.1. The molecule has 0 spiro atoms. The molecule has 3 rings (SSSR count). The molecule has 0 saturated carbocycles. The van der Waals surface area contributed by atoms with Gasteiger partial charge in [-0.1, -0.05) is 18.2 Å². The van der Waals surface area contributed by atoms with Crippen molar-refractivity contribution in [2.45, 2.75) is 25.4 Å². The summed E-state index contributed by atoms with van der Waals surface area (Å²) in [6, 6.07) is 9.89. The summed E-state index contributed by atoms with van der Waals surface area (Å²) in [7, 11) is 0. The van der Waals surface area contributed by atoms with Gasteiger partial charge < -0.3 is 10.6 Å². The fourth-order valence-electron chi connectivity index (χ4n) is 2.39. The number of nitrogens with zero attached hydrogens (tertiary/aromatic N) is 2. The molecule has 1 fully saturated rings. The molecule has 1 saturated heterocycles. The first-order valence-electron chi connectivity index (χ1n) is 6.93. The predicted octanol–water partition coefficient (Wildman–Crippen LogP) is 1.24. The number of amides is 1. The van der Waals surface area contributed by atoms with E-state index in [4.69, 9.17) is 0 Å². The summed E-state index contributed by atoms with van der Waals surface area (Å²) in [6.45, 7) is 1.45. The summed E-state index contributed by atoms with van der Waals surface area (Å²) in [5, 5.41) is 10.5. The van der Waals surface area contributed by atoms with Crippen molar-refractivity contribution >= 4 is 5.91 Å². The molecule has 2 heterocycles. The Morgan fingerprint density at radius 1 is 1.40 bits per heavy atom. The van der Waals surface area contributed by atoms with Crippen LogP contribution in [0.4, 0.5) is 0 Å². The smallest absolute Gasteiger partial charge is 0.237 e. The van der Waals surface area contributed by atoms with Crippen LogP contribution in [-0.4, -0.2) is 28.3 Å². The molecule has 104 valence electrons. The molecule has 0 radical (unpaired) electrons. The number of para-hydroxylation sites is 1. The number of carbonyl (C=O) groups is 1. The second-order valence-electron chi connectivity index (χ2n) is 5.00. The Morgan fingerprint density at radius 2 is 2.25 bits per heavy atom. The molecule has 5 heteroatoms. The third kappa shape index (κ3) is 2.88. The van der Waals surface area contributed by atoms with Gasteiger partial charge in [0.15, 0.2) is 0 Å². The van der Waals surface area contributed by atoms with Crippen molar-refractivity contribution in [1.82, 2.24) is 20.4 Å². The molecule has 2 N–H and O–H groups in total. The zero-order valence-electron chi connectivity index (χ0n) is 11.2. The van der Waals surface area contributed by atoms with E-state index in [9.17, 15) is 4.79 Å². The standard InChI is InChI=1S/C15H18N4O/c20-15(14-7-4-8-16-14)17-9-12-10-18-19(11-12)13-5-2-1-3-6-13/h1-3,5-6,10-11,14,16H,4,7-9H2,(H,17,20). The minimum absolute atomic E-state index is 0.0285. The molecule has 1 aromatic carbocycles. The van der Waals surface area contributed by atoms with Gasteiger partial charge in [0.25, 0.3) is 0 Å². The number of carbonyl (C=O) groups excluding carboxylic acids is 1. The van der Waals surface area contributed by atoms with Gasteiger partial charge in [-0.05, 0) is 31.5 Å². The second kappa shape index (κ2) is 5.88. The molecule has 1 atom stereocenters. The Hall–Kier alpha value is -2.14. The van der Waals surface area contributed by atoms with Crippen molar-refractivity contribution in [2.75, 3.05) is 6.54 Å². The van der Waals surface area contributed by atoms with Crippen LogP contribution >= 0.6 is 0 Å². The van der Waals surface area contributed by atoms with Crippen molar-refractivity contribution in [3.05, 3.63) is 48.3 Å². The van der Waals surface area contributed by atoms with Crippen LogP contribution in [0.3, 0.4) is 0 Å². The van der Waals surface area contributed by atoms with Crippen LogP contribution in [0.1, 0.15) is 18.4 Å². The summed E-state index contributed by atoms with van der Waals surface area (Å²) in [5.74, 6) is 0.0787. The quantitative estimate of drug-likeness (QED) is 0.879. The molecular formula is C15H18N4O. The van der Waals surface area contributed by atoms with E-state index < -0.39 is 0 Å². The molecule has 2 aromatic rings. The van der Waals surface area contributed by atoms with Crippen LogP contribution in [0.25, 0.3) is 5.69 Å². The van der Waals surface area contributed by atoms with E-state index in [1.807, 2.05) is 41.2 Å². The van der Waals surface area contributed by atoms with E-state index >= 15 is 0 Å². The molecule has 1 unspecified atom stereocenters. The van der Waals surface area contributed by atoms with E-state index in [0.29, 0.717) is 6.54 Å². The first-order chi connectivity index (χ1) is 9.83. The Kier molecular flexibility index (Phi) is 3.78. The van der Waals surface area contributed by atoms with Crippen LogP contribution in [0.15, 0.2) is 42.7 Å². The average Bonchev–Trinajstić information content (AvgIpc) is 3.17.